The van der Waals surface area contributed by atoms with Crippen molar-refractivity contribution in [1.82, 2.24) is 15.1 Å². The molecule has 0 bridgehead atoms. The van der Waals surface area contributed by atoms with Crippen LogP contribution >= 0.6 is 11.6 Å². The summed E-state index contributed by atoms with van der Waals surface area (Å²) in [5.41, 5.74) is 4.27. The number of para-hydroxylation sites is 1. The molecule has 1 heterocycles. The van der Waals surface area contributed by atoms with Crippen LogP contribution in [0.4, 0.5) is 0 Å². The second-order valence-corrected chi connectivity index (χ2v) is 6.80. The number of nitrogens with one attached hydrogen (secondary N) is 1. The lowest BCUT2D eigenvalue weighted by Gasteiger charge is -2.12. The number of aromatic nitrogens is 2. The van der Waals surface area contributed by atoms with Gasteiger partial charge in [0.2, 0.25) is 0 Å². The number of halogens is 1. The molecule has 0 aliphatic heterocycles. The fourth-order valence-corrected chi connectivity index (χ4v) is 3.12. The summed E-state index contributed by atoms with van der Waals surface area (Å²) in [4.78, 5) is 12.5. The average molecular weight is 384 g/mol. The third-order valence-electron chi connectivity index (χ3n) is 4.35. The Kier molecular flexibility index (Phi) is 5.81. The standard InChI is InChI=1S/C21H22ClN3O2/c1-14-6-4-7-15(2)20(14)27-11-10-23-21(26)19-13-24-25(16(19)3)18-9-5-8-17(22)12-18/h4-9,12-13H,10-11H2,1-3H3,(H,23,26). The average Bonchev–Trinajstić information content (AvgIpc) is 3.02. The largest absolute Gasteiger partial charge is 0.491 e. The first kappa shape index (κ1) is 19.0. The van der Waals surface area contributed by atoms with Crippen LogP contribution in [0.5, 0.6) is 5.75 Å². The molecule has 5 nitrogen and oxygen atoms in total. The molecule has 0 atom stereocenters. The van der Waals surface area contributed by atoms with Crippen molar-refractivity contribution in [2.45, 2.75) is 20.8 Å². The highest BCUT2D eigenvalue weighted by atomic mass is 35.5. The number of ether oxygens (including phenoxy) is 1. The van der Waals surface area contributed by atoms with Gasteiger partial charge in [0.25, 0.3) is 5.91 Å². The van der Waals surface area contributed by atoms with Crippen LogP contribution in [-0.4, -0.2) is 28.8 Å². The van der Waals surface area contributed by atoms with E-state index in [-0.39, 0.29) is 5.91 Å². The van der Waals surface area contributed by atoms with E-state index in [1.54, 1.807) is 16.9 Å². The Balaban J connectivity index is 1.61. The van der Waals surface area contributed by atoms with Crippen molar-refractivity contribution >= 4 is 17.5 Å². The van der Waals surface area contributed by atoms with Crippen LogP contribution < -0.4 is 10.1 Å². The van der Waals surface area contributed by atoms with E-state index in [2.05, 4.69) is 10.4 Å². The third-order valence-corrected chi connectivity index (χ3v) is 4.59. The van der Waals surface area contributed by atoms with Crippen molar-refractivity contribution in [1.29, 1.82) is 0 Å². The molecule has 6 heteroatoms. The topological polar surface area (TPSA) is 56.1 Å². The molecule has 1 aromatic heterocycles. The normalized spacial score (nSPS) is 10.7. The van der Waals surface area contributed by atoms with E-state index in [0.29, 0.717) is 23.7 Å². The highest BCUT2D eigenvalue weighted by Gasteiger charge is 2.15. The summed E-state index contributed by atoms with van der Waals surface area (Å²) >= 11 is 6.04. The molecule has 1 N–H and O–H groups in total. The molecule has 3 rings (SSSR count). The van der Waals surface area contributed by atoms with Gasteiger partial charge in [-0.25, -0.2) is 4.68 Å². The van der Waals surface area contributed by atoms with Gasteiger partial charge in [-0.1, -0.05) is 35.9 Å². The van der Waals surface area contributed by atoms with Crippen molar-refractivity contribution < 1.29 is 9.53 Å². The molecule has 0 aliphatic rings. The van der Waals surface area contributed by atoms with Crippen LogP contribution in [0.25, 0.3) is 5.69 Å². The Morgan fingerprint density at radius 2 is 1.85 bits per heavy atom. The number of hydrogen-bond acceptors (Lipinski definition) is 3. The maximum Gasteiger partial charge on any atom is 0.254 e. The van der Waals surface area contributed by atoms with E-state index < -0.39 is 0 Å². The first-order valence-corrected chi connectivity index (χ1v) is 9.13. The molecule has 1 amide bonds. The smallest absolute Gasteiger partial charge is 0.254 e. The molecular weight excluding hydrogens is 362 g/mol. The number of benzene rings is 2. The maximum absolute atomic E-state index is 12.5. The van der Waals surface area contributed by atoms with Crippen molar-refractivity contribution in [2.75, 3.05) is 13.2 Å². The fourth-order valence-electron chi connectivity index (χ4n) is 2.94. The van der Waals surface area contributed by atoms with Gasteiger partial charge in [-0.15, -0.1) is 0 Å². The molecule has 0 saturated carbocycles. The van der Waals surface area contributed by atoms with Crippen LogP contribution in [0.1, 0.15) is 27.2 Å². The van der Waals surface area contributed by atoms with Crippen LogP contribution in [0.2, 0.25) is 5.02 Å². The van der Waals surface area contributed by atoms with Crippen molar-refractivity contribution in [3.63, 3.8) is 0 Å². The SMILES string of the molecule is Cc1cccc(C)c1OCCNC(=O)c1cnn(-c2cccc(Cl)c2)c1C. The number of carbonyl (C=O) groups excluding carboxylic acids is 1. The third kappa shape index (κ3) is 4.31. The van der Waals surface area contributed by atoms with Gasteiger partial charge in [-0.3, -0.25) is 4.79 Å². The number of nitrogens with zero attached hydrogens (tertiary/aromatic N) is 2. The Morgan fingerprint density at radius 1 is 1.15 bits per heavy atom. The fraction of sp³-hybridized carbons (Fsp3) is 0.238. The van der Waals surface area contributed by atoms with E-state index in [1.165, 1.54) is 0 Å². The Hall–Kier alpha value is -2.79. The van der Waals surface area contributed by atoms with Gasteiger partial charge in [0.1, 0.15) is 12.4 Å². The van der Waals surface area contributed by atoms with Gasteiger partial charge >= 0.3 is 0 Å². The quantitative estimate of drug-likeness (QED) is 0.647. The predicted molar refractivity (Wildman–Crippen MR) is 107 cm³/mol. The Bertz CT molecular complexity index is 946. The first-order valence-electron chi connectivity index (χ1n) is 8.75. The van der Waals surface area contributed by atoms with Crippen LogP contribution in [-0.2, 0) is 0 Å². The van der Waals surface area contributed by atoms with Gasteiger partial charge in [0.05, 0.1) is 29.7 Å². The van der Waals surface area contributed by atoms with E-state index in [0.717, 1.165) is 28.3 Å². The minimum Gasteiger partial charge on any atom is -0.491 e. The zero-order valence-corrected chi connectivity index (χ0v) is 16.4. The summed E-state index contributed by atoms with van der Waals surface area (Å²) in [7, 11) is 0. The van der Waals surface area contributed by atoms with Gasteiger partial charge in [0, 0.05) is 5.02 Å². The minimum absolute atomic E-state index is 0.175. The molecule has 2 aromatic carbocycles. The summed E-state index contributed by atoms with van der Waals surface area (Å²) in [6.45, 7) is 6.69. The zero-order valence-electron chi connectivity index (χ0n) is 15.6. The first-order chi connectivity index (χ1) is 13.0. The van der Waals surface area contributed by atoms with Crippen LogP contribution in [0.3, 0.4) is 0 Å². The lowest BCUT2D eigenvalue weighted by Crippen LogP contribution is -2.28. The van der Waals surface area contributed by atoms with Crippen molar-refractivity contribution in [3.05, 3.63) is 76.1 Å². The molecule has 0 fully saturated rings. The molecular formula is C21H22ClN3O2. The van der Waals surface area contributed by atoms with E-state index >= 15 is 0 Å². The number of rotatable bonds is 6. The van der Waals surface area contributed by atoms with Crippen LogP contribution in [0.15, 0.2) is 48.7 Å². The highest BCUT2D eigenvalue weighted by Crippen LogP contribution is 2.22. The molecule has 0 saturated heterocycles. The number of carbonyl (C=O) groups is 1. The lowest BCUT2D eigenvalue weighted by atomic mass is 10.1. The summed E-state index contributed by atoms with van der Waals surface area (Å²) in [5, 5.41) is 7.82. The van der Waals surface area contributed by atoms with Gasteiger partial charge < -0.3 is 10.1 Å². The predicted octanol–water partition coefficient (Wildman–Crippen LogP) is 4.26. The van der Waals surface area contributed by atoms with E-state index in [1.807, 2.05) is 57.2 Å². The molecule has 0 spiro atoms. The molecule has 0 radical (unpaired) electrons. The summed E-state index contributed by atoms with van der Waals surface area (Å²) < 4.78 is 7.52. The van der Waals surface area contributed by atoms with Crippen molar-refractivity contribution in [2.24, 2.45) is 0 Å². The lowest BCUT2D eigenvalue weighted by molar-refractivity contribution is 0.0946. The zero-order chi connectivity index (χ0) is 19.4. The molecule has 140 valence electrons. The second kappa shape index (κ2) is 8.27. The van der Waals surface area contributed by atoms with Crippen LogP contribution in [0, 0.1) is 20.8 Å². The number of hydrogen-bond donors (Lipinski definition) is 1. The summed E-state index contributed by atoms with van der Waals surface area (Å²) in [6.07, 6.45) is 1.57. The minimum atomic E-state index is -0.175. The molecule has 0 aliphatic carbocycles. The summed E-state index contributed by atoms with van der Waals surface area (Å²) in [5.74, 6) is 0.697. The van der Waals surface area contributed by atoms with Gasteiger partial charge in [-0.2, -0.15) is 5.10 Å². The number of aryl methyl sites for hydroxylation is 2. The second-order valence-electron chi connectivity index (χ2n) is 6.36. The maximum atomic E-state index is 12.5. The monoisotopic (exact) mass is 383 g/mol. The van der Waals surface area contributed by atoms with Gasteiger partial charge in [-0.05, 0) is 50.1 Å². The molecule has 0 unspecified atom stereocenters. The number of amides is 1. The van der Waals surface area contributed by atoms with E-state index in [9.17, 15) is 4.79 Å². The summed E-state index contributed by atoms with van der Waals surface area (Å²) in [6, 6.07) is 13.4. The Morgan fingerprint density at radius 3 is 2.56 bits per heavy atom. The molecule has 27 heavy (non-hydrogen) atoms. The highest BCUT2D eigenvalue weighted by molar-refractivity contribution is 6.30. The molecule has 3 aromatic rings. The van der Waals surface area contributed by atoms with E-state index in [4.69, 9.17) is 16.3 Å². The van der Waals surface area contributed by atoms with Gasteiger partial charge in [0.15, 0.2) is 0 Å². The van der Waals surface area contributed by atoms with Crippen molar-refractivity contribution in [3.8, 4) is 11.4 Å². The Labute approximate surface area is 163 Å².